The highest BCUT2D eigenvalue weighted by atomic mass is 32.2. The van der Waals surface area contributed by atoms with Crippen LogP contribution in [0.2, 0.25) is 0 Å². The number of hydrogen-bond donors (Lipinski definition) is 1. The van der Waals surface area contributed by atoms with Crippen LogP contribution in [0, 0.1) is 0 Å². The van der Waals surface area contributed by atoms with Crippen molar-refractivity contribution < 1.29 is 27.5 Å². The van der Waals surface area contributed by atoms with Gasteiger partial charge in [0.1, 0.15) is 11.4 Å². The average Bonchev–Trinajstić information content (AvgIpc) is 2.97. The Balaban J connectivity index is 1.71. The fourth-order valence-electron chi connectivity index (χ4n) is 3.93. The normalized spacial score (nSPS) is 19.1. The number of nitrogens with zero attached hydrogens (tertiary/aromatic N) is 1. The summed E-state index contributed by atoms with van der Waals surface area (Å²) in [7, 11) is -3.32. The van der Waals surface area contributed by atoms with Gasteiger partial charge < -0.3 is 14.8 Å². The van der Waals surface area contributed by atoms with Crippen molar-refractivity contribution in [2.75, 3.05) is 25.4 Å². The van der Waals surface area contributed by atoms with E-state index in [-0.39, 0.29) is 43.2 Å². The standard InChI is InChI=1S/C21H28N2O6S/c1-4-28-17-8-6-16(7-9-17)14-22-19(24)18-15(3)20(25)29-21(18)10-12-23(13-11-21)30(26,27)5-2/h6-9H,4-5,10-14H2,1-3H3,(H,22,24). The number of nitrogens with one attached hydrogen (secondary N) is 1. The summed E-state index contributed by atoms with van der Waals surface area (Å²) in [5.41, 5.74) is 0.426. The second-order valence-corrected chi connectivity index (χ2v) is 9.70. The second-order valence-electron chi connectivity index (χ2n) is 7.44. The number of benzene rings is 1. The van der Waals surface area contributed by atoms with Gasteiger partial charge in [0.15, 0.2) is 0 Å². The van der Waals surface area contributed by atoms with Crippen LogP contribution in [0.3, 0.4) is 0 Å². The molecule has 1 spiro atoms. The van der Waals surface area contributed by atoms with Gasteiger partial charge in [0.2, 0.25) is 10.0 Å². The Kier molecular flexibility index (Phi) is 6.52. The Hall–Kier alpha value is -2.39. The van der Waals surface area contributed by atoms with Crippen LogP contribution in [0.4, 0.5) is 0 Å². The zero-order valence-electron chi connectivity index (χ0n) is 17.6. The van der Waals surface area contributed by atoms with Crippen LogP contribution in [0.5, 0.6) is 5.75 Å². The third-order valence-corrected chi connectivity index (χ3v) is 7.51. The molecular formula is C21H28N2O6S. The second kappa shape index (κ2) is 8.77. The number of esters is 1. The number of piperidine rings is 1. The molecule has 0 radical (unpaired) electrons. The maximum Gasteiger partial charge on any atom is 0.335 e. The van der Waals surface area contributed by atoms with E-state index < -0.39 is 21.6 Å². The molecule has 9 heteroatoms. The van der Waals surface area contributed by atoms with Crippen molar-refractivity contribution >= 4 is 21.9 Å². The summed E-state index contributed by atoms with van der Waals surface area (Å²) < 4.78 is 36.7. The van der Waals surface area contributed by atoms with Gasteiger partial charge in [-0.1, -0.05) is 12.1 Å². The lowest BCUT2D eigenvalue weighted by molar-refractivity contribution is -0.150. The van der Waals surface area contributed by atoms with E-state index in [4.69, 9.17) is 9.47 Å². The average molecular weight is 437 g/mol. The molecule has 1 fully saturated rings. The van der Waals surface area contributed by atoms with Crippen LogP contribution < -0.4 is 10.1 Å². The van der Waals surface area contributed by atoms with Gasteiger partial charge in [-0.2, -0.15) is 0 Å². The van der Waals surface area contributed by atoms with E-state index >= 15 is 0 Å². The highest BCUT2D eigenvalue weighted by molar-refractivity contribution is 7.89. The Morgan fingerprint density at radius 1 is 1.20 bits per heavy atom. The summed E-state index contributed by atoms with van der Waals surface area (Å²) in [6.45, 7) is 6.39. The summed E-state index contributed by atoms with van der Waals surface area (Å²) in [6, 6.07) is 7.41. The molecule has 0 aliphatic carbocycles. The zero-order valence-corrected chi connectivity index (χ0v) is 18.4. The first kappa shape index (κ1) is 22.3. The molecule has 164 valence electrons. The summed E-state index contributed by atoms with van der Waals surface area (Å²) in [5, 5.41) is 2.87. The van der Waals surface area contributed by atoms with E-state index in [1.54, 1.807) is 13.8 Å². The number of sulfonamides is 1. The summed E-state index contributed by atoms with van der Waals surface area (Å²) in [6.07, 6.45) is 0.530. The van der Waals surface area contributed by atoms with Crippen molar-refractivity contribution in [3.05, 3.63) is 41.0 Å². The molecule has 1 aromatic rings. The molecule has 1 aromatic carbocycles. The molecule has 8 nitrogen and oxygen atoms in total. The van der Waals surface area contributed by atoms with E-state index in [9.17, 15) is 18.0 Å². The topological polar surface area (TPSA) is 102 Å². The van der Waals surface area contributed by atoms with Gasteiger partial charge in [-0.05, 0) is 38.5 Å². The zero-order chi connectivity index (χ0) is 21.9. The number of hydrogen-bond acceptors (Lipinski definition) is 6. The van der Waals surface area contributed by atoms with Gasteiger partial charge >= 0.3 is 5.97 Å². The molecule has 0 bridgehead atoms. The van der Waals surface area contributed by atoms with E-state index in [1.807, 2.05) is 31.2 Å². The minimum absolute atomic E-state index is 0.0179. The lowest BCUT2D eigenvalue weighted by Gasteiger charge is -2.38. The van der Waals surface area contributed by atoms with Gasteiger partial charge in [-0.25, -0.2) is 17.5 Å². The Labute approximate surface area is 177 Å². The van der Waals surface area contributed by atoms with E-state index in [0.29, 0.717) is 18.7 Å². The number of ether oxygens (including phenoxy) is 2. The van der Waals surface area contributed by atoms with Gasteiger partial charge in [0.25, 0.3) is 5.91 Å². The lowest BCUT2D eigenvalue weighted by Crippen LogP contribution is -2.50. The molecule has 0 aromatic heterocycles. The monoisotopic (exact) mass is 436 g/mol. The van der Waals surface area contributed by atoms with Crippen LogP contribution >= 0.6 is 0 Å². The van der Waals surface area contributed by atoms with Crippen molar-refractivity contribution in [3.63, 3.8) is 0 Å². The van der Waals surface area contributed by atoms with Crippen molar-refractivity contribution in [1.29, 1.82) is 0 Å². The first-order valence-electron chi connectivity index (χ1n) is 10.1. The first-order chi connectivity index (χ1) is 14.2. The van der Waals surface area contributed by atoms with Crippen LogP contribution in [0.25, 0.3) is 0 Å². The predicted octanol–water partition coefficient (Wildman–Crippen LogP) is 1.76. The molecule has 2 aliphatic rings. The van der Waals surface area contributed by atoms with Gasteiger partial charge in [0.05, 0.1) is 17.9 Å². The number of carbonyl (C=O) groups is 2. The van der Waals surface area contributed by atoms with Gasteiger partial charge in [-0.3, -0.25) is 4.79 Å². The molecule has 0 unspecified atom stereocenters. The van der Waals surface area contributed by atoms with Crippen molar-refractivity contribution in [3.8, 4) is 5.75 Å². The number of amides is 1. The van der Waals surface area contributed by atoms with Crippen LogP contribution in [-0.4, -0.2) is 55.6 Å². The molecule has 30 heavy (non-hydrogen) atoms. The summed E-state index contributed by atoms with van der Waals surface area (Å²) in [4.78, 5) is 25.3. The van der Waals surface area contributed by atoms with Crippen LogP contribution in [0.15, 0.2) is 35.4 Å². The van der Waals surface area contributed by atoms with Crippen LogP contribution in [-0.2, 0) is 30.9 Å². The largest absolute Gasteiger partial charge is 0.494 e. The highest BCUT2D eigenvalue weighted by Gasteiger charge is 2.51. The molecule has 2 heterocycles. The maximum atomic E-state index is 13.0. The van der Waals surface area contributed by atoms with Crippen molar-refractivity contribution in [1.82, 2.24) is 9.62 Å². The molecule has 1 saturated heterocycles. The van der Waals surface area contributed by atoms with Gasteiger partial charge in [0, 0.05) is 38.0 Å². The molecule has 0 atom stereocenters. The minimum atomic E-state index is -3.32. The Morgan fingerprint density at radius 2 is 1.83 bits per heavy atom. The van der Waals surface area contributed by atoms with Crippen molar-refractivity contribution in [2.24, 2.45) is 0 Å². The highest BCUT2D eigenvalue weighted by Crippen LogP contribution is 2.41. The Morgan fingerprint density at radius 3 is 2.40 bits per heavy atom. The molecule has 3 rings (SSSR count). The molecular weight excluding hydrogens is 408 g/mol. The summed E-state index contributed by atoms with van der Waals surface area (Å²) in [5.74, 6) is -0.106. The summed E-state index contributed by atoms with van der Waals surface area (Å²) >= 11 is 0. The van der Waals surface area contributed by atoms with Crippen LogP contribution in [0.1, 0.15) is 39.2 Å². The van der Waals surface area contributed by atoms with Gasteiger partial charge in [-0.15, -0.1) is 0 Å². The molecule has 2 aliphatic heterocycles. The van der Waals surface area contributed by atoms with E-state index in [0.717, 1.165) is 11.3 Å². The maximum absolute atomic E-state index is 13.0. The number of rotatable bonds is 7. The third kappa shape index (κ3) is 4.37. The van der Waals surface area contributed by atoms with Crippen molar-refractivity contribution in [2.45, 2.75) is 45.8 Å². The number of carbonyl (C=O) groups excluding carboxylic acids is 2. The quantitative estimate of drug-likeness (QED) is 0.654. The Bertz CT molecular complexity index is 944. The van der Waals surface area contributed by atoms with E-state index in [1.165, 1.54) is 4.31 Å². The van der Waals surface area contributed by atoms with E-state index in [2.05, 4.69) is 5.32 Å². The predicted molar refractivity (Wildman–Crippen MR) is 111 cm³/mol. The molecule has 1 N–H and O–H groups in total. The molecule has 1 amide bonds. The minimum Gasteiger partial charge on any atom is -0.494 e. The lowest BCUT2D eigenvalue weighted by atomic mass is 9.83. The fraction of sp³-hybridized carbons (Fsp3) is 0.524. The molecule has 0 saturated carbocycles. The third-order valence-electron chi connectivity index (χ3n) is 5.63. The fourth-order valence-corrected chi connectivity index (χ4v) is 5.03. The first-order valence-corrected chi connectivity index (χ1v) is 11.8. The SMILES string of the molecule is CCOc1ccc(CNC(=O)C2=C(C)C(=O)OC23CCN(S(=O)(=O)CC)CC3)cc1. The smallest absolute Gasteiger partial charge is 0.335 e.